The lowest BCUT2D eigenvalue weighted by Crippen LogP contribution is -2.59. The largest absolute Gasteiger partial charge is 0.352 e. The Kier molecular flexibility index (Phi) is 23.9. The number of likely N-dealkylation sites (tertiary alicyclic amines) is 3. The normalized spacial score (nSPS) is 22.4. The van der Waals surface area contributed by atoms with Crippen LogP contribution in [0.5, 0.6) is 0 Å². The number of benzene rings is 6. The van der Waals surface area contributed by atoms with E-state index in [4.69, 9.17) is 15.0 Å². The summed E-state index contributed by atoms with van der Waals surface area (Å²) in [5.74, 6) is 2.82. The van der Waals surface area contributed by atoms with E-state index in [1.54, 1.807) is 85.6 Å². The van der Waals surface area contributed by atoms with Crippen LogP contribution in [0, 0.1) is 38.2 Å². The van der Waals surface area contributed by atoms with Crippen molar-refractivity contribution in [2.24, 2.45) is 21.1 Å². The van der Waals surface area contributed by atoms with Crippen molar-refractivity contribution in [2.75, 3.05) is 130 Å². The van der Waals surface area contributed by atoms with Gasteiger partial charge in [-0.3, -0.25) is 47.0 Å². The van der Waals surface area contributed by atoms with Crippen LogP contribution in [0.3, 0.4) is 0 Å². The smallest absolute Gasteiger partial charge is 0.350 e. The van der Waals surface area contributed by atoms with Gasteiger partial charge in [0.05, 0.1) is 86.0 Å². The molecule has 34 heteroatoms. The Morgan fingerprint density at radius 3 is 0.931 bits per heavy atom. The van der Waals surface area contributed by atoms with Crippen LogP contribution in [0.15, 0.2) is 140 Å². The van der Waals surface area contributed by atoms with Crippen molar-refractivity contribution in [2.45, 2.75) is 157 Å². The number of alkyl halides is 1. The number of carbonyl (C=O) groups is 3. The van der Waals surface area contributed by atoms with Crippen molar-refractivity contribution in [1.29, 1.82) is 0 Å². The van der Waals surface area contributed by atoms with Gasteiger partial charge in [-0.15, -0.1) is 35.3 Å². The quantitative estimate of drug-likeness (QED) is 0.0684. The fraction of sp³-hybridized carbons (Fsp3) is 0.443. The van der Waals surface area contributed by atoms with Crippen LogP contribution in [-0.4, -0.2) is 263 Å². The van der Waals surface area contributed by atoms with E-state index in [2.05, 4.69) is 91.6 Å². The molecule has 0 N–H and O–H groups in total. The second-order valence-electron chi connectivity index (χ2n) is 37.1. The number of rotatable bonds is 15. The van der Waals surface area contributed by atoms with E-state index >= 15 is 0 Å². The first-order chi connectivity index (χ1) is 62.9. The molecular weight excluding hydrogens is 1730 g/mol. The number of fused-ring (bicyclic) bond motifs is 3. The van der Waals surface area contributed by atoms with Gasteiger partial charge in [0.25, 0.3) is 0 Å². The molecule has 3 amide bonds. The third kappa shape index (κ3) is 15.4. The minimum absolute atomic E-state index is 0.00486. The van der Waals surface area contributed by atoms with Gasteiger partial charge < -0.3 is 39.2 Å². The van der Waals surface area contributed by atoms with Gasteiger partial charge in [0.1, 0.15) is 41.1 Å². The Morgan fingerprint density at radius 1 is 0.397 bits per heavy atom. The van der Waals surface area contributed by atoms with E-state index in [9.17, 15) is 46.3 Å². The molecule has 6 aromatic heterocycles. The van der Waals surface area contributed by atoms with E-state index < -0.39 is 6.17 Å². The van der Waals surface area contributed by atoms with Crippen molar-refractivity contribution in [3.05, 3.63) is 177 Å². The van der Waals surface area contributed by atoms with Crippen molar-refractivity contribution < 1.29 is 31.9 Å². The van der Waals surface area contributed by atoms with Crippen molar-refractivity contribution >= 4 is 136 Å². The van der Waals surface area contributed by atoms with Crippen LogP contribution in [0.2, 0.25) is 0 Å². The third-order valence-electron chi connectivity index (χ3n) is 28.1. The lowest BCUT2D eigenvalue weighted by atomic mass is 9.95. The molecule has 3 unspecified atom stereocenters. The third-order valence-corrected chi connectivity index (χ3v) is 31.9. The van der Waals surface area contributed by atoms with E-state index in [-0.39, 0.29) is 107 Å². The molecule has 27 nitrogen and oxygen atoms in total. The van der Waals surface area contributed by atoms with Gasteiger partial charge in [0.2, 0.25) is 17.7 Å². The predicted octanol–water partition coefficient (Wildman–Crippen LogP) is 13.4. The second-order valence-corrected chi connectivity index (χ2v) is 40.1. The highest BCUT2D eigenvalue weighted by atomic mass is 32.2. The molecule has 0 saturated carbocycles. The topological polar surface area (TPSA) is 239 Å². The number of anilines is 3. The van der Waals surface area contributed by atoms with Gasteiger partial charge in [0.15, 0.2) is 0 Å². The number of aromatic nitrogens is 12. The number of piperazine rings is 3. The Bertz CT molecular complexity index is 6890. The first kappa shape index (κ1) is 89.1. The summed E-state index contributed by atoms with van der Waals surface area (Å²) in [6.45, 7) is 39.7. The second kappa shape index (κ2) is 35.1. The average molecular weight is 1840 g/mol. The highest BCUT2D eigenvalue weighted by molar-refractivity contribution is 8.00. The van der Waals surface area contributed by atoms with Crippen LogP contribution in [-0.2, 0) is 35.5 Å². The van der Waals surface area contributed by atoms with Gasteiger partial charge in [0, 0.05) is 211 Å². The molecule has 684 valence electrons. The molecule has 0 bridgehead atoms. The lowest BCUT2D eigenvalue weighted by molar-refractivity contribution is -0.131. The lowest BCUT2D eigenvalue weighted by Gasteiger charge is -2.45. The Hall–Kier alpha value is -11.2. The Labute approximate surface area is 768 Å². The number of nitrogens with zero attached hydrogens (tertiary/aromatic N) is 21. The minimum Gasteiger partial charge on any atom is -0.352 e. The first-order valence-electron chi connectivity index (χ1n) is 45.3. The number of carbonyl (C=O) groups excluding carboxylic acids is 3. The predicted molar refractivity (Wildman–Crippen MR) is 513 cm³/mol. The van der Waals surface area contributed by atoms with Crippen molar-refractivity contribution in [3.63, 3.8) is 0 Å². The molecule has 9 aliphatic rings. The standard InChI is InChI=1S/C33H38FN7O2S.C32H35F2N7O2S.C32H36FN7O2S/c1-6-27(42)40-20(3)15-39(16-21(40)4)32-24-13-19(2)28(23-9-10-26(34)25-14-35-37(5)29(23)25)31-30(24)41(33(43)36-32)22(18-44-31)17-38-11-7-8-12-38;1-6-26(42)40-18(3)11-39(12-19(40)4)31-23-9-17(2)27(22-7-8-25(34)24-10-35-37(5)28(22)24)30-29(23)41(32(43)36-31)21(16-44-30)15-38-13-20(33)14-38;1-6-26(41)39-19(3)14-38(15-20(39)4)31-23-12-18(2)27(22-8-9-25(33)24-13-34-36(5)28(22)24)30-29(23)40(32(42)35-31)21(17-43-30)16-37-10-7-11-37/h6,9-10,13-14,20-22H,1,7-8,11-12,15-18H2,2-5H3;6-10,18-21H,1,11-16H2,2-5H3;6,8-9,12-13,19-21H,1,7,10-11,14-17H2,2-5H3/t20-,21+,22?;18-,19+,21?;19-,20+,21?. The number of hydrogen-bond donors (Lipinski definition) is 0. The molecule has 0 spiro atoms. The summed E-state index contributed by atoms with van der Waals surface area (Å²) in [6, 6.07) is 15.6. The first-order valence-corrected chi connectivity index (χ1v) is 48.3. The van der Waals surface area contributed by atoms with Gasteiger partial charge in [-0.2, -0.15) is 30.2 Å². The number of aryl methyl sites for hydroxylation is 6. The van der Waals surface area contributed by atoms with Crippen LogP contribution in [0.25, 0.3) is 98.8 Å². The highest BCUT2D eigenvalue weighted by Crippen LogP contribution is 2.53. The molecule has 9 aliphatic heterocycles. The van der Waals surface area contributed by atoms with Crippen LogP contribution in [0.1, 0.15) is 95.6 Å². The van der Waals surface area contributed by atoms with E-state index in [1.807, 2.05) is 103 Å². The van der Waals surface area contributed by atoms with Gasteiger partial charge in [-0.1, -0.05) is 19.7 Å². The zero-order valence-electron chi connectivity index (χ0n) is 76.0. The summed E-state index contributed by atoms with van der Waals surface area (Å²) in [5.41, 5.74) is 12.5. The Balaban J connectivity index is 0.000000127. The van der Waals surface area contributed by atoms with Crippen LogP contribution >= 0.6 is 35.3 Å². The molecule has 6 aromatic carbocycles. The summed E-state index contributed by atoms with van der Waals surface area (Å²) in [7, 11) is 5.47. The minimum atomic E-state index is -0.833. The molecule has 0 radical (unpaired) electrons. The molecule has 131 heavy (non-hydrogen) atoms. The molecule has 15 heterocycles. The molecule has 0 aliphatic carbocycles. The molecule has 12 aromatic rings. The van der Waals surface area contributed by atoms with Gasteiger partial charge in [-0.25, -0.2) is 31.9 Å². The maximum Gasteiger partial charge on any atom is 0.350 e. The molecule has 6 fully saturated rings. The highest BCUT2D eigenvalue weighted by Gasteiger charge is 2.43. The van der Waals surface area contributed by atoms with Gasteiger partial charge in [-0.05, 0) is 197 Å². The van der Waals surface area contributed by atoms with Crippen molar-refractivity contribution in [1.82, 2.24) is 87.4 Å². The number of amides is 3. The fourth-order valence-corrected chi connectivity index (χ4v) is 26.5. The molecule has 6 saturated heterocycles. The SMILES string of the molecule is C=CC(=O)N1[C@H](C)CN(c2nc(=O)n3c4c(c(-c5ccc(F)c6cnn(C)c56)c(C)cc24)SCC3CN2CC(F)C2)C[C@@H]1C.C=CC(=O)N1[C@H](C)CN(c2nc(=O)n3c4c(c(-c5ccc(F)c6cnn(C)c56)c(C)cc24)SCC3CN2CCC2)C[C@@H]1C.C=CC(=O)N1[C@H](C)CN(c2nc(=O)n3c4c(c(-c5ccc(F)c6cnn(C)c56)c(C)cc24)SCC3CN2CCCC2)C[C@@H]1C. The zero-order chi connectivity index (χ0) is 92.0. The van der Waals surface area contributed by atoms with Crippen LogP contribution < -0.4 is 31.8 Å². The summed E-state index contributed by atoms with van der Waals surface area (Å²) in [6.07, 6.45) is 11.5. The fourth-order valence-electron chi connectivity index (χ4n) is 22.4. The molecular formula is C97H109F4N21O6S3. The van der Waals surface area contributed by atoms with E-state index in [0.717, 1.165) is 159 Å². The van der Waals surface area contributed by atoms with E-state index in [1.165, 1.54) is 55.7 Å². The molecule has 9 atom stereocenters. The summed E-state index contributed by atoms with van der Waals surface area (Å²) < 4.78 is 69.1. The summed E-state index contributed by atoms with van der Waals surface area (Å²) >= 11 is 5.24. The number of thioether (sulfide) groups is 3. The number of hydrogen-bond acceptors (Lipinski definition) is 21. The monoisotopic (exact) mass is 1840 g/mol. The maximum atomic E-state index is 14.9. The maximum absolute atomic E-state index is 14.9. The average Bonchev–Trinajstić information content (AvgIpc) is 1.54. The summed E-state index contributed by atoms with van der Waals surface area (Å²) in [5, 5.41) is 17.2. The number of halogens is 4. The zero-order valence-corrected chi connectivity index (χ0v) is 78.4. The van der Waals surface area contributed by atoms with Gasteiger partial charge >= 0.3 is 17.1 Å². The summed E-state index contributed by atoms with van der Waals surface area (Å²) in [4.78, 5) is 116. The molecule has 21 rings (SSSR count). The van der Waals surface area contributed by atoms with Crippen LogP contribution in [0.4, 0.5) is 35.0 Å². The van der Waals surface area contributed by atoms with Crippen molar-refractivity contribution in [3.8, 4) is 33.4 Å². The van der Waals surface area contributed by atoms with E-state index in [0.29, 0.717) is 104 Å². The Morgan fingerprint density at radius 2 is 0.672 bits per heavy atom.